The number of carbonyl (C=O) groups excluding carboxylic acids is 4. The number of aliphatic carboxylic acids is 2. The molecule has 0 aromatic heterocycles. The van der Waals surface area contributed by atoms with Crippen LogP contribution in [0.15, 0.2) is 0 Å². The summed E-state index contributed by atoms with van der Waals surface area (Å²) in [6, 6.07) is -4.56. The minimum atomic E-state index is -1.33. The van der Waals surface area contributed by atoms with Crippen LogP contribution in [-0.4, -0.2) is 93.4 Å². The van der Waals surface area contributed by atoms with Crippen molar-refractivity contribution in [1.29, 1.82) is 0 Å². The molecule has 4 unspecified atom stereocenters. The van der Waals surface area contributed by atoms with E-state index in [9.17, 15) is 33.9 Å². The van der Waals surface area contributed by atoms with Gasteiger partial charge >= 0.3 is 11.9 Å². The molecule has 192 valence electrons. The maximum absolute atomic E-state index is 13.0. The largest absolute Gasteiger partial charge is 0.481 e. The number of primary amides is 1. The zero-order valence-electron chi connectivity index (χ0n) is 19.0. The summed E-state index contributed by atoms with van der Waals surface area (Å²) in [5, 5.41) is 23.3. The molecule has 0 radical (unpaired) electrons. The van der Waals surface area contributed by atoms with Crippen LogP contribution in [0.3, 0.4) is 0 Å². The molecule has 0 aliphatic carbocycles. The van der Waals surface area contributed by atoms with Crippen LogP contribution in [0.4, 0.5) is 0 Å². The molecule has 1 aliphatic heterocycles. The van der Waals surface area contributed by atoms with E-state index in [1.807, 2.05) is 6.26 Å². The Labute approximate surface area is 201 Å². The molecule has 0 bridgehead atoms. The average Bonchev–Trinajstić information content (AvgIpc) is 3.26. The lowest BCUT2D eigenvalue weighted by atomic mass is 10.1. The molecule has 0 saturated carbocycles. The van der Waals surface area contributed by atoms with Gasteiger partial charge < -0.3 is 37.2 Å². The lowest BCUT2D eigenvalue weighted by Gasteiger charge is -2.28. The first-order chi connectivity index (χ1) is 16.0. The number of carboxylic acid groups (broad SMARTS) is 2. The van der Waals surface area contributed by atoms with Crippen LogP contribution in [-0.2, 0) is 28.8 Å². The normalized spacial score (nSPS) is 17.9. The van der Waals surface area contributed by atoms with Gasteiger partial charge in [0.2, 0.25) is 23.6 Å². The van der Waals surface area contributed by atoms with E-state index in [1.165, 1.54) is 11.8 Å². The van der Waals surface area contributed by atoms with Gasteiger partial charge in [0, 0.05) is 19.4 Å². The van der Waals surface area contributed by atoms with Crippen LogP contribution < -0.4 is 22.1 Å². The predicted octanol–water partition coefficient (Wildman–Crippen LogP) is -1.76. The van der Waals surface area contributed by atoms with E-state index in [1.54, 1.807) is 0 Å². The number of hydrogen-bond donors (Lipinski definition) is 6. The summed E-state index contributed by atoms with van der Waals surface area (Å²) in [5.74, 6) is -4.69. The molecular formula is C20H33N5O8S. The molecule has 1 saturated heterocycles. The monoisotopic (exact) mass is 503 g/mol. The Kier molecular flexibility index (Phi) is 12.4. The molecule has 1 aliphatic rings. The Morgan fingerprint density at radius 1 is 1.00 bits per heavy atom. The predicted molar refractivity (Wildman–Crippen MR) is 123 cm³/mol. The average molecular weight is 504 g/mol. The van der Waals surface area contributed by atoms with Crippen LogP contribution in [0.5, 0.6) is 0 Å². The van der Waals surface area contributed by atoms with Crippen molar-refractivity contribution in [3.05, 3.63) is 0 Å². The van der Waals surface area contributed by atoms with Crippen molar-refractivity contribution in [1.82, 2.24) is 15.5 Å². The second kappa shape index (κ2) is 14.4. The molecule has 34 heavy (non-hydrogen) atoms. The number of likely N-dealkylation sites (tertiary alicyclic amines) is 1. The summed E-state index contributed by atoms with van der Waals surface area (Å²) in [6.07, 6.45) is 1.74. The molecule has 4 amide bonds. The number of amides is 4. The molecule has 1 fully saturated rings. The van der Waals surface area contributed by atoms with Crippen molar-refractivity contribution in [2.24, 2.45) is 11.5 Å². The highest BCUT2D eigenvalue weighted by Crippen LogP contribution is 2.20. The summed E-state index contributed by atoms with van der Waals surface area (Å²) in [4.78, 5) is 73.3. The number of hydrogen-bond acceptors (Lipinski definition) is 8. The smallest absolute Gasteiger partial charge is 0.326 e. The van der Waals surface area contributed by atoms with Gasteiger partial charge in [0.1, 0.15) is 18.1 Å². The van der Waals surface area contributed by atoms with Crippen LogP contribution in [0.2, 0.25) is 0 Å². The summed E-state index contributed by atoms with van der Waals surface area (Å²) in [7, 11) is 0. The van der Waals surface area contributed by atoms with Gasteiger partial charge in [-0.2, -0.15) is 11.8 Å². The molecule has 1 rings (SSSR count). The second-order valence-electron chi connectivity index (χ2n) is 7.98. The molecule has 8 N–H and O–H groups in total. The fourth-order valence-corrected chi connectivity index (χ4v) is 3.98. The third-order valence-corrected chi connectivity index (χ3v) is 6.01. The summed E-state index contributed by atoms with van der Waals surface area (Å²) >= 11 is 1.49. The molecule has 0 aromatic rings. The molecule has 4 atom stereocenters. The Morgan fingerprint density at radius 2 is 1.62 bits per heavy atom. The summed E-state index contributed by atoms with van der Waals surface area (Å²) in [5.41, 5.74) is 11.0. The third kappa shape index (κ3) is 9.55. The van der Waals surface area contributed by atoms with Gasteiger partial charge in [-0.1, -0.05) is 0 Å². The lowest BCUT2D eigenvalue weighted by molar-refractivity contribution is -0.150. The standard InChI is InChI=1S/C20H33N5O8S/c1-34-10-8-11(21)17(29)23-12(4-6-15(22)26)18(30)24-13(5-7-16(27)28)19(31)25-9-2-3-14(25)20(32)33/h11-14H,2-10,21H2,1H3,(H2,22,26)(H,23,29)(H,24,30)(H,27,28)(H,32,33). The zero-order valence-corrected chi connectivity index (χ0v) is 19.8. The van der Waals surface area contributed by atoms with Gasteiger partial charge in [-0.15, -0.1) is 0 Å². The molecular weight excluding hydrogens is 470 g/mol. The topological polar surface area (TPSA) is 222 Å². The first kappa shape index (κ1) is 29.2. The van der Waals surface area contributed by atoms with Gasteiger partial charge in [0.05, 0.1) is 6.04 Å². The number of carbonyl (C=O) groups is 6. The van der Waals surface area contributed by atoms with Crippen LogP contribution in [0, 0.1) is 0 Å². The van der Waals surface area contributed by atoms with Gasteiger partial charge in [-0.3, -0.25) is 24.0 Å². The second-order valence-corrected chi connectivity index (χ2v) is 8.96. The number of rotatable bonds is 15. The number of nitrogens with one attached hydrogen (secondary N) is 2. The SMILES string of the molecule is CSCCC(N)C(=O)NC(CCC(N)=O)C(=O)NC(CCC(=O)O)C(=O)N1CCCC1C(=O)O. The molecule has 14 heteroatoms. The molecule has 13 nitrogen and oxygen atoms in total. The maximum Gasteiger partial charge on any atom is 0.326 e. The minimum Gasteiger partial charge on any atom is -0.481 e. The summed E-state index contributed by atoms with van der Waals surface area (Å²) < 4.78 is 0. The van der Waals surface area contributed by atoms with E-state index in [4.69, 9.17) is 16.6 Å². The van der Waals surface area contributed by atoms with Crippen LogP contribution >= 0.6 is 11.8 Å². The van der Waals surface area contributed by atoms with Crippen molar-refractivity contribution in [3.8, 4) is 0 Å². The molecule has 0 aromatic carbocycles. The fourth-order valence-electron chi connectivity index (χ4n) is 3.49. The highest BCUT2D eigenvalue weighted by atomic mass is 32.2. The Balaban J connectivity index is 3.02. The first-order valence-corrected chi connectivity index (χ1v) is 12.3. The Hall–Kier alpha value is -2.87. The Bertz CT molecular complexity index is 780. The van der Waals surface area contributed by atoms with Gasteiger partial charge in [0.25, 0.3) is 0 Å². The lowest BCUT2D eigenvalue weighted by Crippen LogP contribution is -2.57. The number of thioether (sulfide) groups is 1. The van der Waals surface area contributed by atoms with Gasteiger partial charge in [0.15, 0.2) is 0 Å². The first-order valence-electron chi connectivity index (χ1n) is 10.9. The van der Waals surface area contributed by atoms with Gasteiger partial charge in [-0.05, 0) is 44.1 Å². The molecule has 1 heterocycles. The Morgan fingerprint density at radius 3 is 2.18 bits per heavy atom. The fraction of sp³-hybridized carbons (Fsp3) is 0.700. The number of nitrogens with zero attached hydrogens (tertiary/aromatic N) is 1. The van der Waals surface area contributed by atoms with Crippen LogP contribution in [0.1, 0.15) is 44.9 Å². The van der Waals surface area contributed by atoms with E-state index in [0.717, 1.165) is 4.90 Å². The quantitative estimate of drug-likeness (QED) is 0.148. The van der Waals surface area contributed by atoms with Gasteiger partial charge in [-0.25, -0.2) is 4.79 Å². The van der Waals surface area contributed by atoms with E-state index in [-0.39, 0.29) is 32.2 Å². The highest BCUT2D eigenvalue weighted by Gasteiger charge is 2.38. The van der Waals surface area contributed by atoms with E-state index in [0.29, 0.717) is 18.6 Å². The maximum atomic E-state index is 13.0. The third-order valence-electron chi connectivity index (χ3n) is 5.36. The number of nitrogens with two attached hydrogens (primary N) is 2. The highest BCUT2D eigenvalue weighted by molar-refractivity contribution is 7.98. The van der Waals surface area contributed by atoms with Crippen LogP contribution in [0.25, 0.3) is 0 Å². The molecule has 0 spiro atoms. The van der Waals surface area contributed by atoms with Crippen molar-refractivity contribution >= 4 is 47.3 Å². The van der Waals surface area contributed by atoms with E-state index in [2.05, 4.69) is 10.6 Å². The van der Waals surface area contributed by atoms with E-state index >= 15 is 0 Å². The zero-order chi connectivity index (χ0) is 25.8. The van der Waals surface area contributed by atoms with Crippen molar-refractivity contribution in [3.63, 3.8) is 0 Å². The minimum absolute atomic E-state index is 0.154. The number of carboxylic acids is 2. The van der Waals surface area contributed by atoms with Crippen molar-refractivity contribution in [2.45, 2.75) is 69.1 Å². The summed E-state index contributed by atoms with van der Waals surface area (Å²) in [6.45, 7) is 0.154. The van der Waals surface area contributed by atoms with Crippen molar-refractivity contribution in [2.75, 3.05) is 18.6 Å². The van der Waals surface area contributed by atoms with E-state index < -0.39 is 66.2 Å². The van der Waals surface area contributed by atoms with Crippen molar-refractivity contribution < 1.29 is 39.0 Å².